The molecule has 2 aliphatic heterocycles. The van der Waals surface area contributed by atoms with Crippen molar-refractivity contribution >= 4 is 40.1 Å². The highest BCUT2D eigenvalue weighted by molar-refractivity contribution is 6.31. The lowest BCUT2D eigenvalue weighted by Gasteiger charge is -2.38. The molecule has 2 bridgehead atoms. The average molecular weight is 681 g/mol. The van der Waals surface area contributed by atoms with Gasteiger partial charge in [0, 0.05) is 37.5 Å². The van der Waals surface area contributed by atoms with E-state index in [-0.39, 0.29) is 71.2 Å². The first-order valence-corrected chi connectivity index (χ1v) is 16.4. The van der Waals surface area contributed by atoms with E-state index in [4.69, 9.17) is 26.1 Å². The Morgan fingerprint density at radius 3 is 2.75 bits per heavy atom. The number of carbonyl (C=O) groups excluding carboxylic acids is 1. The number of hydrogen-bond acceptors (Lipinski definition) is 9. The van der Waals surface area contributed by atoms with Gasteiger partial charge in [-0.2, -0.15) is 4.98 Å². The largest absolute Gasteiger partial charge is 0.490 e. The van der Waals surface area contributed by atoms with Gasteiger partial charge >= 0.3 is 5.69 Å². The van der Waals surface area contributed by atoms with E-state index in [2.05, 4.69) is 40.9 Å². The molecule has 13 heteroatoms. The normalized spacial score (nSPS) is 19.7. The first kappa shape index (κ1) is 35.1. The highest BCUT2D eigenvalue weighted by Gasteiger charge is 2.35. The topological polar surface area (TPSA) is 131 Å². The van der Waals surface area contributed by atoms with Gasteiger partial charge in [0.15, 0.2) is 11.5 Å². The van der Waals surface area contributed by atoms with Crippen molar-refractivity contribution in [2.75, 3.05) is 31.6 Å². The number of pyridine rings is 1. The maximum absolute atomic E-state index is 16.0. The number of aliphatic hydroxyl groups excluding tert-OH is 1. The van der Waals surface area contributed by atoms with Crippen LogP contribution in [0.2, 0.25) is 5.02 Å². The summed E-state index contributed by atoms with van der Waals surface area (Å²) in [4.78, 5) is 37.8. The molecule has 1 aromatic carbocycles. The van der Waals surface area contributed by atoms with Gasteiger partial charge in [-0.05, 0) is 69.5 Å². The second kappa shape index (κ2) is 14.5. The van der Waals surface area contributed by atoms with Gasteiger partial charge in [-0.25, -0.2) is 18.7 Å². The summed E-state index contributed by atoms with van der Waals surface area (Å²) in [5.74, 6) is -0.421. The predicted octanol–water partition coefficient (Wildman–Crippen LogP) is 4.91. The zero-order valence-corrected chi connectivity index (χ0v) is 28.8. The Labute approximate surface area is 284 Å². The number of anilines is 1. The fourth-order valence-corrected chi connectivity index (χ4v) is 6.32. The third kappa shape index (κ3) is 6.83. The molecule has 2 unspecified atom stereocenters. The fourth-order valence-electron chi connectivity index (χ4n) is 6.16. The van der Waals surface area contributed by atoms with E-state index in [1.54, 1.807) is 19.9 Å². The molecule has 2 aliphatic rings. The molecule has 0 spiro atoms. The third-order valence-corrected chi connectivity index (χ3v) is 8.66. The molecule has 2 aromatic heterocycles. The first-order chi connectivity index (χ1) is 22.9. The minimum Gasteiger partial charge on any atom is -0.490 e. The van der Waals surface area contributed by atoms with Gasteiger partial charge in [0.05, 0.1) is 33.4 Å². The van der Waals surface area contributed by atoms with Crippen LogP contribution in [0, 0.1) is 18.7 Å². The van der Waals surface area contributed by atoms with E-state index in [0.29, 0.717) is 34.7 Å². The molecule has 11 nitrogen and oxygen atoms in total. The lowest BCUT2D eigenvalue weighted by Crippen LogP contribution is -2.44. The molecule has 256 valence electrons. The Bertz CT molecular complexity index is 1860. The average Bonchev–Trinajstić information content (AvgIpc) is 3.04. The van der Waals surface area contributed by atoms with Crippen molar-refractivity contribution in [1.29, 1.82) is 0 Å². The summed E-state index contributed by atoms with van der Waals surface area (Å²) in [5.41, 5.74) is 1.43. The molecule has 0 saturated heterocycles. The fraction of sp³-hybridized carbons (Fsp3) is 0.429. The maximum atomic E-state index is 16.0. The van der Waals surface area contributed by atoms with E-state index in [0.717, 1.165) is 0 Å². The summed E-state index contributed by atoms with van der Waals surface area (Å²) in [7, 11) is 0. The molecular weight excluding hydrogens is 639 g/mol. The van der Waals surface area contributed by atoms with Gasteiger partial charge in [-0.15, -0.1) is 0 Å². The quantitative estimate of drug-likeness (QED) is 0.270. The van der Waals surface area contributed by atoms with Gasteiger partial charge in [-0.1, -0.05) is 32.0 Å². The highest BCUT2D eigenvalue weighted by Crippen LogP contribution is 2.40. The smallest absolute Gasteiger partial charge is 0.355 e. The number of benzene rings is 1. The maximum Gasteiger partial charge on any atom is 0.355 e. The number of aliphatic hydroxyl groups is 1. The van der Waals surface area contributed by atoms with Crippen molar-refractivity contribution in [3.8, 4) is 17.0 Å². The van der Waals surface area contributed by atoms with Gasteiger partial charge in [0.1, 0.15) is 30.4 Å². The first-order valence-electron chi connectivity index (χ1n) is 16.1. The number of nitrogens with one attached hydrogen (secondary N) is 2. The molecule has 1 amide bonds. The van der Waals surface area contributed by atoms with Crippen LogP contribution < -0.4 is 21.1 Å². The monoisotopic (exact) mass is 680 g/mol. The lowest BCUT2D eigenvalue weighted by atomic mass is 9.94. The Morgan fingerprint density at radius 2 is 2.06 bits per heavy atom. The van der Waals surface area contributed by atoms with Crippen molar-refractivity contribution < 1.29 is 23.8 Å². The number of amides is 1. The van der Waals surface area contributed by atoms with E-state index >= 15 is 4.39 Å². The van der Waals surface area contributed by atoms with Crippen molar-refractivity contribution in [3.05, 3.63) is 75.6 Å². The molecule has 0 saturated carbocycles. The molecule has 0 aliphatic carbocycles. The Hall–Kier alpha value is -4.26. The number of ether oxygens (including phenoxy) is 2. The van der Waals surface area contributed by atoms with Crippen LogP contribution in [-0.2, 0) is 9.53 Å². The number of aromatic nitrogens is 3. The number of carbonyl (C=O) groups is 1. The summed E-state index contributed by atoms with van der Waals surface area (Å²) in [6.07, 6.45) is 2.87. The standard InChI is InChI=1S/C35H42ClFN6O5/c1-8-27(45)39-20(6)15-38-33-23-14-19(5)30-28-26(11-10-24(36)29(28)37)48-17-25(44)32(47-9-2)22-12-13-42(16-18(3)4)21(7)31(22)43(34(23)40-30)35(46)41-33/h8,10-14,18,20-21,25,32,44H,1,9,15-17H2,2-7H3,(H,39,45)(H,38,41,46)/t20-,21-,25?,32?/m1/s1. The number of halogens is 2. The van der Waals surface area contributed by atoms with Gasteiger partial charge < -0.3 is 30.1 Å². The van der Waals surface area contributed by atoms with Crippen LogP contribution in [0.4, 0.5) is 10.2 Å². The Morgan fingerprint density at radius 1 is 1.31 bits per heavy atom. The molecule has 0 radical (unpaired) electrons. The van der Waals surface area contributed by atoms with Gasteiger partial charge in [0.25, 0.3) is 0 Å². The Balaban J connectivity index is 1.86. The number of hydrogen-bond donors (Lipinski definition) is 3. The minimum absolute atomic E-state index is 0.000870. The minimum atomic E-state index is -1.20. The van der Waals surface area contributed by atoms with Crippen LogP contribution in [0.25, 0.3) is 28.0 Å². The summed E-state index contributed by atoms with van der Waals surface area (Å²) < 4.78 is 29.6. The zero-order valence-electron chi connectivity index (χ0n) is 28.0. The van der Waals surface area contributed by atoms with Crippen molar-refractivity contribution in [3.63, 3.8) is 0 Å². The predicted molar refractivity (Wildman–Crippen MR) is 186 cm³/mol. The highest BCUT2D eigenvalue weighted by atomic mass is 35.5. The number of fused-ring (bicyclic) bond motifs is 4. The Kier molecular flexibility index (Phi) is 10.6. The molecule has 48 heavy (non-hydrogen) atoms. The number of rotatable bonds is 9. The molecule has 5 rings (SSSR count). The summed E-state index contributed by atoms with van der Waals surface area (Å²) in [6.45, 7) is 16.0. The summed E-state index contributed by atoms with van der Waals surface area (Å²) in [6, 6.07) is 3.98. The molecule has 3 aromatic rings. The van der Waals surface area contributed by atoms with E-state index in [9.17, 15) is 14.7 Å². The second-order valence-electron chi connectivity index (χ2n) is 12.5. The molecule has 4 heterocycles. The molecule has 4 atom stereocenters. The SMILES string of the molecule is C=CC(=O)N[C@H](C)CNc1nc(=O)n2c3nc(c(C)cc13)-c1c(ccc(Cl)c1F)OCC(O)C(OCC)C1=C2[C@@H](C)N(CC(C)C)C=C1. The molecular formula is C35H42ClFN6O5. The second-order valence-corrected chi connectivity index (χ2v) is 12.9. The van der Waals surface area contributed by atoms with Crippen LogP contribution in [0.1, 0.15) is 40.2 Å². The number of aryl methyl sites for hydroxylation is 1. The van der Waals surface area contributed by atoms with Crippen LogP contribution in [0.5, 0.6) is 5.75 Å². The van der Waals surface area contributed by atoms with Crippen LogP contribution in [0.15, 0.2) is 53.5 Å². The zero-order chi connectivity index (χ0) is 34.9. The van der Waals surface area contributed by atoms with Gasteiger partial charge in [-0.3, -0.25) is 4.79 Å². The van der Waals surface area contributed by atoms with E-state index in [1.807, 2.05) is 26.1 Å². The third-order valence-electron chi connectivity index (χ3n) is 8.37. The molecule has 3 N–H and O–H groups in total. The van der Waals surface area contributed by atoms with E-state index in [1.165, 1.54) is 22.8 Å². The van der Waals surface area contributed by atoms with E-state index < -0.39 is 23.7 Å². The number of nitrogens with zero attached hydrogens (tertiary/aromatic N) is 4. The lowest BCUT2D eigenvalue weighted by molar-refractivity contribution is -0.116. The summed E-state index contributed by atoms with van der Waals surface area (Å²) in [5, 5.41) is 17.9. The van der Waals surface area contributed by atoms with Crippen LogP contribution in [-0.4, -0.2) is 81.0 Å². The summed E-state index contributed by atoms with van der Waals surface area (Å²) >= 11 is 6.28. The van der Waals surface area contributed by atoms with Crippen molar-refractivity contribution in [1.82, 2.24) is 24.8 Å². The van der Waals surface area contributed by atoms with Crippen LogP contribution in [0.3, 0.4) is 0 Å². The van der Waals surface area contributed by atoms with Crippen molar-refractivity contribution in [2.24, 2.45) is 5.92 Å². The molecule has 0 fully saturated rings. The van der Waals surface area contributed by atoms with Gasteiger partial charge in [0.2, 0.25) is 5.91 Å². The van der Waals surface area contributed by atoms with Crippen LogP contribution >= 0.6 is 11.6 Å². The van der Waals surface area contributed by atoms with Crippen molar-refractivity contribution in [2.45, 2.75) is 65.8 Å².